The van der Waals surface area contributed by atoms with Crippen LogP contribution in [0.15, 0.2) is 25.8 Å². The van der Waals surface area contributed by atoms with Gasteiger partial charge in [-0.3, -0.25) is 0 Å². The van der Waals surface area contributed by atoms with Gasteiger partial charge in [-0.2, -0.15) is 0 Å². The first kappa shape index (κ1) is 12.0. The van der Waals surface area contributed by atoms with Crippen molar-refractivity contribution >= 4 is 21.9 Å². The van der Waals surface area contributed by atoms with Crippen molar-refractivity contribution in [2.24, 2.45) is 0 Å². The molecule has 0 radical (unpaired) electrons. The minimum Gasteiger partial charge on any atom is -0.461 e. The normalized spacial score (nSPS) is 11.6. The van der Waals surface area contributed by atoms with Crippen molar-refractivity contribution in [3.05, 3.63) is 45.0 Å². The summed E-state index contributed by atoms with van der Waals surface area (Å²) in [5.41, 5.74) is 4.22. The van der Waals surface area contributed by atoms with Gasteiger partial charge in [-0.15, -0.1) is 0 Å². The molecule has 19 heavy (non-hydrogen) atoms. The van der Waals surface area contributed by atoms with Gasteiger partial charge < -0.3 is 8.83 Å². The topological polar surface area (TPSA) is 43.4 Å². The molecule has 1 aromatic carbocycles. The zero-order chi connectivity index (χ0) is 13.7. The fourth-order valence-corrected chi connectivity index (χ4v) is 2.79. The molecular weight excluding hydrogens is 240 g/mol. The van der Waals surface area contributed by atoms with E-state index in [1.807, 2.05) is 20.8 Å². The third-order valence-electron chi connectivity index (χ3n) is 3.78. The quantitative estimate of drug-likeness (QED) is 0.617. The van der Waals surface area contributed by atoms with Crippen LogP contribution in [-0.4, -0.2) is 0 Å². The van der Waals surface area contributed by atoms with Crippen LogP contribution in [0.5, 0.6) is 0 Å². The van der Waals surface area contributed by atoms with Crippen molar-refractivity contribution in [2.45, 2.75) is 34.1 Å². The monoisotopic (exact) mass is 256 g/mol. The molecule has 0 atom stereocenters. The molecule has 0 amide bonds. The largest absolute Gasteiger partial charge is 0.461 e. The third-order valence-corrected chi connectivity index (χ3v) is 3.78. The molecule has 0 unspecified atom stereocenters. The number of aryl methyl sites for hydroxylation is 4. The minimum absolute atomic E-state index is 0.313. The molecule has 0 bridgehead atoms. The second-order valence-electron chi connectivity index (χ2n) is 4.99. The van der Waals surface area contributed by atoms with Crippen molar-refractivity contribution in [1.29, 1.82) is 0 Å². The maximum Gasteiger partial charge on any atom is 0.336 e. The lowest BCUT2D eigenvalue weighted by molar-refractivity contribution is 0.550. The average Bonchev–Trinajstić information content (AvgIpc) is 2.67. The second-order valence-corrected chi connectivity index (χ2v) is 4.99. The number of hydrogen-bond donors (Lipinski definition) is 0. The highest BCUT2D eigenvalue weighted by Crippen LogP contribution is 2.34. The Balaban J connectivity index is 2.60. The summed E-state index contributed by atoms with van der Waals surface area (Å²) in [6.07, 6.45) is 0.930. The van der Waals surface area contributed by atoms with Crippen LogP contribution in [0.1, 0.15) is 29.4 Å². The Kier molecular flexibility index (Phi) is 2.52. The molecule has 0 saturated carbocycles. The molecule has 3 rings (SSSR count). The first-order chi connectivity index (χ1) is 9.02. The van der Waals surface area contributed by atoms with Crippen molar-refractivity contribution in [1.82, 2.24) is 0 Å². The van der Waals surface area contributed by atoms with Crippen molar-refractivity contribution in [3.63, 3.8) is 0 Å². The Labute approximate surface area is 110 Å². The molecule has 0 aliphatic carbocycles. The number of benzene rings is 1. The maximum atomic E-state index is 11.5. The number of fused-ring (bicyclic) bond motifs is 2. The van der Waals surface area contributed by atoms with Gasteiger partial charge in [0.05, 0.1) is 0 Å². The summed E-state index contributed by atoms with van der Waals surface area (Å²) in [4.78, 5) is 11.5. The summed E-state index contributed by atoms with van der Waals surface area (Å²) in [5, 5.41) is 2.11. The fourth-order valence-electron chi connectivity index (χ4n) is 2.79. The predicted molar refractivity (Wildman–Crippen MR) is 75.8 cm³/mol. The van der Waals surface area contributed by atoms with E-state index in [-0.39, 0.29) is 5.63 Å². The lowest BCUT2D eigenvalue weighted by Crippen LogP contribution is -1.99. The van der Waals surface area contributed by atoms with Crippen LogP contribution in [0.3, 0.4) is 0 Å². The number of hydrogen-bond acceptors (Lipinski definition) is 3. The summed E-state index contributed by atoms with van der Waals surface area (Å²) in [5.74, 6) is 0.941. The molecule has 0 spiro atoms. The van der Waals surface area contributed by atoms with Gasteiger partial charge in [0.15, 0.2) is 0 Å². The molecule has 2 heterocycles. The zero-order valence-corrected chi connectivity index (χ0v) is 11.6. The summed E-state index contributed by atoms with van der Waals surface area (Å²) in [6, 6.07) is 3.61. The Morgan fingerprint density at radius 3 is 2.37 bits per heavy atom. The van der Waals surface area contributed by atoms with E-state index in [9.17, 15) is 4.79 Å². The smallest absolute Gasteiger partial charge is 0.336 e. The molecule has 98 valence electrons. The van der Waals surface area contributed by atoms with Crippen LogP contribution in [0, 0.1) is 20.8 Å². The van der Waals surface area contributed by atoms with Gasteiger partial charge in [0.2, 0.25) is 0 Å². The molecule has 0 fully saturated rings. The molecule has 0 aliphatic heterocycles. The lowest BCUT2D eigenvalue weighted by atomic mass is 10.0. The molecule has 3 nitrogen and oxygen atoms in total. The molecule has 3 heteroatoms. The highest BCUT2D eigenvalue weighted by molar-refractivity contribution is 5.99. The average molecular weight is 256 g/mol. The SMILES string of the molecule is CCc1c(C)oc2c(C)c3oc(=O)cc(C)c3cc12. The van der Waals surface area contributed by atoms with Gasteiger partial charge in [0, 0.05) is 28.0 Å². The first-order valence-electron chi connectivity index (χ1n) is 6.49. The highest BCUT2D eigenvalue weighted by Gasteiger charge is 2.16. The van der Waals surface area contributed by atoms with E-state index in [2.05, 4.69) is 13.0 Å². The van der Waals surface area contributed by atoms with Crippen LogP contribution in [0.25, 0.3) is 21.9 Å². The van der Waals surface area contributed by atoms with Crippen molar-refractivity contribution in [3.8, 4) is 0 Å². The van der Waals surface area contributed by atoms with Crippen LogP contribution < -0.4 is 5.63 Å². The lowest BCUT2D eigenvalue weighted by Gasteiger charge is -2.04. The van der Waals surface area contributed by atoms with Gasteiger partial charge in [0.25, 0.3) is 0 Å². The summed E-state index contributed by atoms with van der Waals surface area (Å²) >= 11 is 0. The maximum absolute atomic E-state index is 11.5. The minimum atomic E-state index is -0.313. The predicted octanol–water partition coefficient (Wildman–Crippen LogP) is 4.03. The summed E-state index contributed by atoms with van der Waals surface area (Å²) < 4.78 is 11.2. The van der Waals surface area contributed by atoms with Crippen LogP contribution >= 0.6 is 0 Å². The fraction of sp³-hybridized carbons (Fsp3) is 0.312. The first-order valence-corrected chi connectivity index (χ1v) is 6.49. The van der Waals surface area contributed by atoms with Crippen LogP contribution in [-0.2, 0) is 6.42 Å². The van der Waals surface area contributed by atoms with E-state index in [4.69, 9.17) is 8.83 Å². The molecule has 0 N–H and O–H groups in total. The van der Waals surface area contributed by atoms with E-state index in [1.165, 1.54) is 11.6 Å². The van der Waals surface area contributed by atoms with E-state index < -0.39 is 0 Å². The Bertz CT molecular complexity index is 850. The molecule has 0 saturated heterocycles. The second kappa shape index (κ2) is 3.98. The van der Waals surface area contributed by atoms with E-state index in [0.29, 0.717) is 5.58 Å². The Morgan fingerprint density at radius 2 is 1.68 bits per heavy atom. The third kappa shape index (κ3) is 1.61. The molecular formula is C16H16O3. The van der Waals surface area contributed by atoms with Crippen molar-refractivity contribution < 1.29 is 8.83 Å². The van der Waals surface area contributed by atoms with E-state index in [0.717, 1.165) is 39.7 Å². The standard InChI is InChI=1S/C16H16O3/c1-5-11-10(4)18-16-9(3)15-12(7-13(11)16)8(2)6-14(17)19-15/h6-7H,5H2,1-4H3. The zero-order valence-electron chi connectivity index (χ0n) is 11.6. The Morgan fingerprint density at radius 1 is 1.00 bits per heavy atom. The van der Waals surface area contributed by atoms with Gasteiger partial charge in [0.1, 0.15) is 16.9 Å². The molecule has 2 aromatic heterocycles. The van der Waals surface area contributed by atoms with Gasteiger partial charge in [-0.25, -0.2) is 4.79 Å². The molecule has 3 aromatic rings. The summed E-state index contributed by atoms with van der Waals surface area (Å²) in [6.45, 7) is 7.97. The summed E-state index contributed by atoms with van der Waals surface area (Å²) in [7, 11) is 0. The van der Waals surface area contributed by atoms with Gasteiger partial charge in [-0.1, -0.05) is 6.92 Å². The van der Waals surface area contributed by atoms with Gasteiger partial charge in [-0.05, 0) is 38.8 Å². The number of rotatable bonds is 1. The van der Waals surface area contributed by atoms with Crippen molar-refractivity contribution in [2.75, 3.05) is 0 Å². The van der Waals surface area contributed by atoms with Crippen LogP contribution in [0.2, 0.25) is 0 Å². The highest BCUT2D eigenvalue weighted by atomic mass is 16.4. The number of furan rings is 1. The van der Waals surface area contributed by atoms with E-state index >= 15 is 0 Å². The van der Waals surface area contributed by atoms with Crippen LogP contribution in [0.4, 0.5) is 0 Å². The molecule has 0 aliphatic rings. The van der Waals surface area contributed by atoms with Gasteiger partial charge >= 0.3 is 5.63 Å². The van der Waals surface area contributed by atoms with E-state index in [1.54, 1.807) is 0 Å². The Hall–Kier alpha value is -2.03.